The first-order valence-corrected chi connectivity index (χ1v) is 14.8. The number of benzene rings is 3. The lowest BCUT2D eigenvalue weighted by Crippen LogP contribution is -2.50. The van der Waals surface area contributed by atoms with Crippen molar-refractivity contribution in [3.8, 4) is 5.69 Å². The van der Waals surface area contributed by atoms with Crippen LogP contribution in [0.3, 0.4) is 0 Å². The van der Waals surface area contributed by atoms with Gasteiger partial charge in [-0.1, -0.05) is 60.7 Å². The lowest BCUT2D eigenvalue weighted by Gasteiger charge is -2.35. The second-order valence-corrected chi connectivity index (χ2v) is 11.0. The average Bonchev–Trinajstić information content (AvgIpc) is 3.62. The Morgan fingerprint density at radius 3 is 2.07 bits per heavy atom. The summed E-state index contributed by atoms with van der Waals surface area (Å²) in [7, 11) is 0. The van der Waals surface area contributed by atoms with Gasteiger partial charge in [0.05, 0.1) is 17.8 Å². The highest BCUT2D eigenvalue weighted by Crippen LogP contribution is 2.20. The maximum atomic E-state index is 13.5. The van der Waals surface area contributed by atoms with Crippen LogP contribution in [0.25, 0.3) is 11.4 Å². The van der Waals surface area contributed by atoms with E-state index in [2.05, 4.69) is 10.00 Å². The van der Waals surface area contributed by atoms with Gasteiger partial charge < -0.3 is 19.5 Å². The van der Waals surface area contributed by atoms with Crippen LogP contribution < -0.4 is 10.5 Å². The molecular formula is C36H33N5O4. The van der Waals surface area contributed by atoms with Crippen molar-refractivity contribution in [1.29, 1.82) is 0 Å². The highest BCUT2D eigenvalue weighted by atomic mass is 16.3. The SMILES string of the molecule is O=C(/C=C(/O)c1cc(Cc2ccccc2)cn(Cc2ccccc2)c1=O)C(=O)N1CCN(c2ccc(-n3cccn3)cc2)CC1. The van der Waals surface area contributed by atoms with Crippen LogP contribution in [0.5, 0.6) is 0 Å². The maximum Gasteiger partial charge on any atom is 0.294 e. The van der Waals surface area contributed by atoms with E-state index in [1.807, 2.05) is 97.2 Å². The number of ketones is 1. The molecule has 9 heteroatoms. The highest BCUT2D eigenvalue weighted by molar-refractivity contribution is 6.41. The molecular weight excluding hydrogens is 566 g/mol. The molecule has 1 aliphatic rings. The molecule has 0 spiro atoms. The second-order valence-electron chi connectivity index (χ2n) is 11.0. The number of hydrogen-bond acceptors (Lipinski definition) is 6. The molecule has 0 saturated carbocycles. The molecule has 6 rings (SSSR count). The van der Waals surface area contributed by atoms with Crippen molar-refractivity contribution in [1.82, 2.24) is 19.2 Å². The number of aliphatic hydroxyl groups is 1. The lowest BCUT2D eigenvalue weighted by atomic mass is 10.0. The largest absolute Gasteiger partial charge is 0.507 e. The van der Waals surface area contributed by atoms with Crippen molar-refractivity contribution in [2.75, 3.05) is 31.1 Å². The summed E-state index contributed by atoms with van der Waals surface area (Å²) in [6.45, 7) is 2.13. The van der Waals surface area contributed by atoms with Gasteiger partial charge in [0.2, 0.25) is 5.78 Å². The van der Waals surface area contributed by atoms with E-state index < -0.39 is 23.0 Å². The summed E-state index contributed by atoms with van der Waals surface area (Å²) in [6.07, 6.45) is 6.78. The van der Waals surface area contributed by atoms with Crippen LogP contribution in [0.2, 0.25) is 0 Å². The van der Waals surface area contributed by atoms with Crippen molar-refractivity contribution in [2.45, 2.75) is 13.0 Å². The van der Waals surface area contributed by atoms with Crippen LogP contribution in [0.1, 0.15) is 22.3 Å². The fourth-order valence-corrected chi connectivity index (χ4v) is 5.53. The van der Waals surface area contributed by atoms with Crippen molar-refractivity contribution in [3.05, 3.63) is 154 Å². The normalized spacial score (nSPS) is 13.6. The third kappa shape index (κ3) is 6.94. The first kappa shape index (κ1) is 29.4. The lowest BCUT2D eigenvalue weighted by molar-refractivity contribution is -0.142. The summed E-state index contributed by atoms with van der Waals surface area (Å²) < 4.78 is 3.31. The predicted octanol–water partition coefficient (Wildman–Crippen LogP) is 4.49. The van der Waals surface area contributed by atoms with E-state index in [0.717, 1.165) is 34.1 Å². The molecule has 2 aromatic heterocycles. The molecule has 226 valence electrons. The molecule has 3 aromatic carbocycles. The van der Waals surface area contributed by atoms with E-state index in [1.54, 1.807) is 23.1 Å². The summed E-state index contributed by atoms with van der Waals surface area (Å²) in [5.74, 6) is -2.10. The third-order valence-corrected chi connectivity index (χ3v) is 7.89. The first-order chi connectivity index (χ1) is 21.9. The molecule has 1 N–H and O–H groups in total. The summed E-state index contributed by atoms with van der Waals surface area (Å²) in [5, 5.41) is 15.3. The molecule has 0 unspecified atom stereocenters. The smallest absolute Gasteiger partial charge is 0.294 e. The fourth-order valence-electron chi connectivity index (χ4n) is 5.53. The van der Waals surface area contributed by atoms with Gasteiger partial charge in [0.15, 0.2) is 0 Å². The van der Waals surface area contributed by atoms with Crippen LogP contribution in [-0.4, -0.2) is 62.2 Å². The van der Waals surface area contributed by atoms with Gasteiger partial charge in [0.25, 0.3) is 11.5 Å². The molecule has 1 fully saturated rings. The number of rotatable bonds is 9. The number of carbonyl (C=O) groups is 2. The number of carbonyl (C=O) groups excluding carboxylic acids is 2. The van der Waals surface area contributed by atoms with E-state index in [-0.39, 0.29) is 5.56 Å². The van der Waals surface area contributed by atoms with Gasteiger partial charge in [0, 0.05) is 56.5 Å². The van der Waals surface area contributed by atoms with E-state index in [9.17, 15) is 19.5 Å². The highest BCUT2D eigenvalue weighted by Gasteiger charge is 2.26. The van der Waals surface area contributed by atoms with Crippen LogP contribution >= 0.6 is 0 Å². The Bertz CT molecular complexity index is 1860. The minimum Gasteiger partial charge on any atom is -0.507 e. The maximum absolute atomic E-state index is 13.5. The monoisotopic (exact) mass is 599 g/mol. The standard InChI is InChI=1S/C36H33N5O4/c42-33(32-23-29(22-27-8-3-1-4-9-27)26-40(35(32)44)25-28-10-5-2-6-11-28)24-34(43)36(45)39-20-18-38(19-21-39)30-12-14-31(15-13-30)41-17-7-16-37-41/h1-17,23-24,26,42H,18-22,25H2/b33-24+. The molecule has 1 saturated heterocycles. The summed E-state index contributed by atoms with van der Waals surface area (Å²) in [5.41, 5.74) is 4.25. The van der Waals surface area contributed by atoms with Crippen molar-refractivity contribution >= 4 is 23.1 Å². The summed E-state index contributed by atoms with van der Waals surface area (Å²) in [4.78, 5) is 43.2. The number of amides is 1. The molecule has 0 atom stereocenters. The summed E-state index contributed by atoms with van der Waals surface area (Å²) >= 11 is 0. The Hall–Kier alpha value is -5.70. The van der Waals surface area contributed by atoms with Gasteiger partial charge in [-0.05, 0) is 59.5 Å². The Labute approximate surface area is 260 Å². The van der Waals surface area contributed by atoms with E-state index in [4.69, 9.17) is 0 Å². The third-order valence-electron chi connectivity index (χ3n) is 7.89. The van der Waals surface area contributed by atoms with Gasteiger partial charge in [-0.2, -0.15) is 5.10 Å². The Morgan fingerprint density at radius 1 is 0.778 bits per heavy atom. The quantitative estimate of drug-likeness (QED) is 0.152. The number of hydrogen-bond donors (Lipinski definition) is 1. The number of anilines is 1. The van der Waals surface area contributed by atoms with Gasteiger partial charge in [-0.15, -0.1) is 0 Å². The molecule has 1 amide bonds. The average molecular weight is 600 g/mol. The number of nitrogens with zero attached hydrogens (tertiary/aromatic N) is 5. The molecule has 0 bridgehead atoms. The predicted molar refractivity (Wildman–Crippen MR) is 173 cm³/mol. The van der Waals surface area contributed by atoms with Gasteiger partial charge in [0.1, 0.15) is 5.76 Å². The van der Waals surface area contributed by atoms with Gasteiger partial charge in [-0.25, -0.2) is 4.68 Å². The Kier molecular flexibility index (Phi) is 8.68. The Morgan fingerprint density at radius 2 is 1.42 bits per heavy atom. The van der Waals surface area contributed by atoms with Crippen LogP contribution in [0.4, 0.5) is 5.69 Å². The Balaban J connectivity index is 1.16. The van der Waals surface area contributed by atoms with Crippen LogP contribution in [-0.2, 0) is 22.6 Å². The van der Waals surface area contributed by atoms with Crippen LogP contribution in [0.15, 0.2) is 127 Å². The molecule has 9 nitrogen and oxygen atoms in total. The summed E-state index contributed by atoms with van der Waals surface area (Å²) in [6, 6.07) is 30.8. The van der Waals surface area contributed by atoms with Crippen LogP contribution in [0, 0.1) is 0 Å². The van der Waals surface area contributed by atoms with E-state index >= 15 is 0 Å². The molecule has 0 aliphatic carbocycles. The number of aromatic nitrogens is 3. The first-order valence-electron chi connectivity index (χ1n) is 14.8. The minimum atomic E-state index is -0.869. The van der Waals surface area contributed by atoms with Crippen molar-refractivity contribution < 1.29 is 14.7 Å². The zero-order chi connectivity index (χ0) is 31.2. The topological polar surface area (TPSA) is 101 Å². The zero-order valence-electron chi connectivity index (χ0n) is 24.7. The van der Waals surface area contributed by atoms with Crippen molar-refractivity contribution in [3.63, 3.8) is 0 Å². The van der Waals surface area contributed by atoms with Gasteiger partial charge >= 0.3 is 0 Å². The van der Waals surface area contributed by atoms with Gasteiger partial charge in [-0.3, -0.25) is 14.4 Å². The van der Waals surface area contributed by atoms with E-state index in [0.29, 0.717) is 39.1 Å². The van der Waals surface area contributed by atoms with E-state index in [1.165, 1.54) is 9.47 Å². The molecule has 1 aliphatic heterocycles. The second kappa shape index (κ2) is 13.3. The molecule has 5 aromatic rings. The zero-order valence-corrected chi connectivity index (χ0v) is 24.7. The molecule has 3 heterocycles. The number of piperazine rings is 1. The van der Waals surface area contributed by atoms with Crippen molar-refractivity contribution in [2.24, 2.45) is 0 Å². The minimum absolute atomic E-state index is 0.0242. The fraction of sp³-hybridized carbons (Fsp3) is 0.167. The molecule has 0 radical (unpaired) electrons. The number of aliphatic hydroxyl groups excluding tert-OH is 1. The molecule has 45 heavy (non-hydrogen) atoms. The number of pyridine rings is 1.